The molecule has 0 aromatic carbocycles. The van der Waals surface area contributed by atoms with E-state index in [0.717, 1.165) is 0 Å². The fourth-order valence-corrected chi connectivity index (χ4v) is 0. The Labute approximate surface area is 39.7 Å². The first-order chi connectivity index (χ1) is 1.41. The SMILES string of the molecule is [Cl][Co][Cl].[NH4+]. The van der Waals surface area contributed by atoms with Gasteiger partial charge in [0.2, 0.25) is 0 Å². The van der Waals surface area contributed by atoms with Gasteiger partial charge in [0.15, 0.2) is 0 Å². The molecule has 0 bridgehead atoms. The van der Waals surface area contributed by atoms with Gasteiger partial charge in [0.25, 0.3) is 0 Å². The molecule has 4 heavy (non-hydrogen) atoms. The third-order valence-corrected chi connectivity index (χ3v) is 0. The first-order valence-corrected chi connectivity index (χ1v) is 3.12. The first kappa shape index (κ1) is 8.90. The van der Waals surface area contributed by atoms with Gasteiger partial charge in [-0.1, -0.05) is 0 Å². The molecular weight excluding hydrogens is 144 g/mol. The van der Waals surface area contributed by atoms with E-state index in [1.165, 1.54) is 0 Å². The van der Waals surface area contributed by atoms with Crippen LogP contribution in [-0.2, 0) is 12.9 Å². The van der Waals surface area contributed by atoms with Crippen LogP contribution in [0.2, 0.25) is 0 Å². The van der Waals surface area contributed by atoms with E-state index < -0.39 is 0 Å². The van der Waals surface area contributed by atoms with Crippen LogP contribution in [0.1, 0.15) is 0 Å². The Bertz CT molecular complexity index is 6.00. The van der Waals surface area contributed by atoms with Crippen molar-refractivity contribution in [1.29, 1.82) is 0 Å². The van der Waals surface area contributed by atoms with Crippen molar-refractivity contribution in [3.8, 4) is 0 Å². The average molecular weight is 148 g/mol. The summed E-state index contributed by atoms with van der Waals surface area (Å²) in [5, 5.41) is 0. The van der Waals surface area contributed by atoms with Crippen LogP contribution in [-0.4, -0.2) is 0 Å². The molecule has 0 aromatic rings. The maximum Gasteiger partial charge on any atom is -0.369 e. The summed E-state index contributed by atoms with van der Waals surface area (Å²) in [7, 11) is 9.47. The van der Waals surface area contributed by atoms with Crippen molar-refractivity contribution in [2.24, 2.45) is 0 Å². The predicted octanol–water partition coefficient (Wildman–Crippen LogP) is 1.75. The Hall–Kier alpha value is 1.05. The van der Waals surface area contributed by atoms with Gasteiger partial charge >= 0.3 is 33.2 Å². The van der Waals surface area contributed by atoms with Gasteiger partial charge in [-0.25, -0.2) is 0 Å². The number of quaternary nitrogens is 1. The van der Waals surface area contributed by atoms with Gasteiger partial charge < -0.3 is 6.15 Å². The van der Waals surface area contributed by atoms with E-state index in [2.05, 4.69) is 0 Å². The largest absolute Gasteiger partial charge is 0.369 e. The van der Waals surface area contributed by atoms with Crippen molar-refractivity contribution in [2.45, 2.75) is 0 Å². The first-order valence-electron chi connectivity index (χ1n) is 0.252. The molecule has 1 nitrogen and oxygen atoms in total. The maximum absolute atomic E-state index is 4.73. The number of hydrogen-bond donors (Lipinski definition) is 1. The summed E-state index contributed by atoms with van der Waals surface area (Å²) >= 11 is 0.382. The van der Waals surface area contributed by atoms with Crippen LogP contribution < -0.4 is 6.15 Å². The minimum absolute atomic E-state index is 0. The Morgan fingerprint density at radius 2 is 1.25 bits per heavy atom. The number of halogens is 2. The smallest absolute Gasteiger partial charge is 0.369 e. The van der Waals surface area contributed by atoms with E-state index in [9.17, 15) is 0 Å². The molecule has 0 rings (SSSR count). The minimum Gasteiger partial charge on any atom is -0.369 e. The van der Waals surface area contributed by atoms with E-state index in [0.29, 0.717) is 12.9 Å². The molecule has 4 N–H and O–H groups in total. The Morgan fingerprint density at radius 1 is 1.25 bits per heavy atom. The summed E-state index contributed by atoms with van der Waals surface area (Å²) in [4.78, 5) is 0. The van der Waals surface area contributed by atoms with Crippen LogP contribution in [0, 0.1) is 0 Å². The molecular formula is H4Cl2CoN+. The molecule has 0 heterocycles. The number of hydrogen-bond acceptors (Lipinski definition) is 0. The second-order valence-corrected chi connectivity index (χ2v) is 1.77. The molecule has 0 aliphatic heterocycles. The Morgan fingerprint density at radius 3 is 1.25 bits per heavy atom. The van der Waals surface area contributed by atoms with Crippen LogP contribution in [0.3, 0.4) is 0 Å². The zero-order chi connectivity index (χ0) is 2.71. The quantitative estimate of drug-likeness (QED) is 0.543. The molecule has 0 saturated heterocycles. The molecule has 0 aliphatic rings. The molecule has 4 heteroatoms. The van der Waals surface area contributed by atoms with Crippen molar-refractivity contribution in [2.75, 3.05) is 0 Å². The van der Waals surface area contributed by atoms with Crippen LogP contribution in [0.4, 0.5) is 0 Å². The van der Waals surface area contributed by atoms with Gasteiger partial charge in [-0.2, -0.15) is 0 Å². The van der Waals surface area contributed by atoms with Gasteiger partial charge in [0, 0.05) is 0 Å². The van der Waals surface area contributed by atoms with Gasteiger partial charge in [-0.05, 0) is 0 Å². The zero-order valence-corrected chi connectivity index (χ0v) is 4.64. The second-order valence-electron chi connectivity index (χ2n) is 0.0476. The van der Waals surface area contributed by atoms with Gasteiger partial charge in [-0.3, -0.25) is 0 Å². The summed E-state index contributed by atoms with van der Waals surface area (Å²) in [5.74, 6) is 0. The summed E-state index contributed by atoms with van der Waals surface area (Å²) in [6, 6.07) is 0. The van der Waals surface area contributed by atoms with Gasteiger partial charge in [0.1, 0.15) is 0 Å². The van der Waals surface area contributed by atoms with E-state index >= 15 is 0 Å². The van der Waals surface area contributed by atoms with Gasteiger partial charge in [0.05, 0.1) is 0 Å². The van der Waals surface area contributed by atoms with Crippen LogP contribution >= 0.6 is 20.3 Å². The van der Waals surface area contributed by atoms with Crippen molar-refractivity contribution in [3.63, 3.8) is 0 Å². The van der Waals surface area contributed by atoms with Gasteiger partial charge in [-0.15, -0.1) is 0 Å². The molecule has 0 saturated carbocycles. The predicted molar refractivity (Wildman–Crippen MR) is 17.7 cm³/mol. The molecule has 0 atom stereocenters. The summed E-state index contributed by atoms with van der Waals surface area (Å²) in [5.41, 5.74) is 0. The molecule has 31 valence electrons. The molecule has 0 unspecified atom stereocenters. The molecule has 0 aliphatic carbocycles. The molecule has 0 spiro atoms. The van der Waals surface area contributed by atoms with Crippen LogP contribution in [0.5, 0.6) is 0 Å². The maximum atomic E-state index is 4.73. The molecule has 0 fully saturated rings. The van der Waals surface area contributed by atoms with E-state index in [1.54, 1.807) is 0 Å². The van der Waals surface area contributed by atoms with Crippen LogP contribution in [0.25, 0.3) is 0 Å². The average Bonchev–Trinajstić information content (AvgIpc) is 0.918. The summed E-state index contributed by atoms with van der Waals surface area (Å²) in [6.07, 6.45) is 0. The van der Waals surface area contributed by atoms with Crippen molar-refractivity contribution in [1.82, 2.24) is 6.15 Å². The minimum atomic E-state index is 0. The Kier molecular flexibility index (Phi) is 20.0. The van der Waals surface area contributed by atoms with Crippen LogP contribution in [0.15, 0.2) is 0 Å². The topological polar surface area (TPSA) is 36.5 Å². The Balaban J connectivity index is 0. The third kappa shape index (κ3) is 11.7. The fourth-order valence-electron chi connectivity index (χ4n) is 0. The normalized spacial score (nSPS) is 5.50. The summed E-state index contributed by atoms with van der Waals surface area (Å²) in [6.45, 7) is 0. The molecule has 0 aromatic heterocycles. The number of rotatable bonds is 0. The van der Waals surface area contributed by atoms with Crippen molar-refractivity contribution in [3.05, 3.63) is 0 Å². The molecule has 0 radical (unpaired) electrons. The second kappa shape index (κ2) is 8.97. The summed E-state index contributed by atoms with van der Waals surface area (Å²) < 4.78 is 0. The molecule has 0 amide bonds. The van der Waals surface area contributed by atoms with E-state index in [-0.39, 0.29) is 6.15 Å². The zero-order valence-electron chi connectivity index (χ0n) is 2.09. The van der Waals surface area contributed by atoms with Crippen molar-refractivity contribution < 1.29 is 12.9 Å². The standard InChI is InChI=1S/2ClH.Co.H3N/h2*1H;;1H3/q;;+2;/p-1. The fraction of sp³-hybridized carbons (Fsp3) is 0. The van der Waals surface area contributed by atoms with E-state index in [4.69, 9.17) is 20.3 Å². The monoisotopic (exact) mass is 147 g/mol. The van der Waals surface area contributed by atoms with E-state index in [1.807, 2.05) is 0 Å². The third-order valence-electron chi connectivity index (χ3n) is 0. The van der Waals surface area contributed by atoms with Crippen molar-refractivity contribution >= 4 is 20.3 Å².